The van der Waals surface area contributed by atoms with Crippen LogP contribution in [0, 0.1) is 0 Å². The van der Waals surface area contributed by atoms with Crippen molar-refractivity contribution >= 4 is 5.91 Å². The minimum atomic E-state index is -4.50. The molecule has 3 nitrogen and oxygen atoms in total. The number of carbonyl (C=O) groups is 1. The standard InChI is InChI=1S/C15H13F3N2O/c1-9(11-4-2-3-5-12(11)14(19)21)10-6-7-20-13(8-10)15(16,17)18/h2-9H,1H3,(H2,19,21)/t9-/m1/s1. The van der Waals surface area contributed by atoms with Gasteiger partial charge in [0.25, 0.3) is 0 Å². The van der Waals surface area contributed by atoms with E-state index in [2.05, 4.69) is 4.98 Å². The lowest BCUT2D eigenvalue weighted by molar-refractivity contribution is -0.141. The number of pyridine rings is 1. The Morgan fingerprint density at radius 1 is 1.24 bits per heavy atom. The molecule has 0 radical (unpaired) electrons. The van der Waals surface area contributed by atoms with Crippen LogP contribution < -0.4 is 5.73 Å². The monoisotopic (exact) mass is 294 g/mol. The molecule has 2 rings (SSSR count). The Hall–Kier alpha value is -2.37. The molecule has 0 saturated carbocycles. The first-order valence-electron chi connectivity index (χ1n) is 6.22. The second-order valence-corrected chi connectivity index (χ2v) is 4.65. The molecule has 1 aromatic heterocycles. The average Bonchev–Trinajstić information content (AvgIpc) is 2.45. The zero-order valence-corrected chi connectivity index (χ0v) is 11.2. The number of amides is 1. The van der Waals surface area contributed by atoms with Crippen molar-refractivity contribution in [2.24, 2.45) is 5.73 Å². The van der Waals surface area contributed by atoms with Crippen molar-refractivity contribution in [1.29, 1.82) is 0 Å². The van der Waals surface area contributed by atoms with E-state index in [4.69, 9.17) is 5.73 Å². The lowest BCUT2D eigenvalue weighted by Gasteiger charge is -2.16. The number of aromatic nitrogens is 1. The van der Waals surface area contributed by atoms with E-state index in [9.17, 15) is 18.0 Å². The van der Waals surface area contributed by atoms with Gasteiger partial charge in [0.2, 0.25) is 5.91 Å². The van der Waals surface area contributed by atoms with Crippen molar-refractivity contribution in [2.75, 3.05) is 0 Å². The van der Waals surface area contributed by atoms with E-state index in [-0.39, 0.29) is 0 Å². The molecule has 0 fully saturated rings. The summed E-state index contributed by atoms with van der Waals surface area (Å²) in [7, 11) is 0. The Labute approximate surface area is 119 Å². The molecular weight excluding hydrogens is 281 g/mol. The first-order valence-corrected chi connectivity index (χ1v) is 6.22. The highest BCUT2D eigenvalue weighted by Gasteiger charge is 2.33. The maximum atomic E-state index is 12.7. The van der Waals surface area contributed by atoms with E-state index >= 15 is 0 Å². The van der Waals surface area contributed by atoms with Crippen LogP contribution >= 0.6 is 0 Å². The van der Waals surface area contributed by atoms with Crippen LogP contribution in [0.4, 0.5) is 13.2 Å². The van der Waals surface area contributed by atoms with Crippen LogP contribution in [0.15, 0.2) is 42.6 Å². The molecule has 0 bridgehead atoms. The predicted octanol–water partition coefficient (Wildman–Crippen LogP) is 3.35. The molecule has 0 unspecified atom stereocenters. The maximum absolute atomic E-state index is 12.7. The summed E-state index contributed by atoms with van der Waals surface area (Å²) in [6.07, 6.45) is -3.39. The van der Waals surface area contributed by atoms with E-state index in [0.717, 1.165) is 12.3 Å². The molecule has 0 aliphatic carbocycles. The number of primary amides is 1. The van der Waals surface area contributed by atoms with E-state index in [1.54, 1.807) is 31.2 Å². The number of benzene rings is 1. The van der Waals surface area contributed by atoms with Crippen LogP contribution in [-0.2, 0) is 6.18 Å². The minimum absolute atomic E-state index is 0.301. The van der Waals surface area contributed by atoms with Gasteiger partial charge in [0.05, 0.1) is 0 Å². The summed E-state index contributed by atoms with van der Waals surface area (Å²) in [5, 5.41) is 0. The lowest BCUT2D eigenvalue weighted by atomic mass is 9.89. The van der Waals surface area contributed by atoms with Gasteiger partial charge in [0.1, 0.15) is 5.69 Å². The highest BCUT2D eigenvalue weighted by Crippen LogP contribution is 2.32. The summed E-state index contributed by atoms with van der Waals surface area (Å²) < 4.78 is 38.1. The third-order valence-electron chi connectivity index (χ3n) is 3.27. The predicted molar refractivity (Wildman–Crippen MR) is 71.7 cm³/mol. The minimum Gasteiger partial charge on any atom is -0.366 e. The zero-order chi connectivity index (χ0) is 15.6. The second-order valence-electron chi connectivity index (χ2n) is 4.65. The van der Waals surface area contributed by atoms with E-state index in [1.165, 1.54) is 6.07 Å². The Morgan fingerprint density at radius 3 is 2.52 bits per heavy atom. The summed E-state index contributed by atoms with van der Waals surface area (Å²) in [4.78, 5) is 14.7. The molecule has 1 aromatic carbocycles. The topological polar surface area (TPSA) is 56.0 Å². The molecule has 2 N–H and O–H groups in total. The molecule has 1 atom stereocenters. The molecule has 0 spiro atoms. The zero-order valence-electron chi connectivity index (χ0n) is 11.2. The number of alkyl halides is 3. The molecule has 21 heavy (non-hydrogen) atoms. The summed E-state index contributed by atoms with van der Waals surface area (Å²) in [6.45, 7) is 1.72. The third-order valence-corrected chi connectivity index (χ3v) is 3.27. The molecule has 1 amide bonds. The number of nitrogens with zero attached hydrogens (tertiary/aromatic N) is 1. The van der Waals surface area contributed by atoms with Crippen molar-refractivity contribution in [2.45, 2.75) is 19.0 Å². The van der Waals surface area contributed by atoms with Crippen LogP contribution in [0.3, 0.4) is 0 Å². The number of halogens is 3. The van der Waals surface area contributed by atoms with Crippen LogP contribution in [0.1, 0.15) is 40.0 Å². The fourth-order valence-electron chi connectivity index (χ4n) is 2.15. The van der Waals surface area contributed by atoms with Crippen molar-refractivity contribution in [3.63, 3.8) is 0 Å². The van der Waals surface area contributed by atoms with Gasteiger partial charge in [0, 0.05) is 17.7 Å². The van der Waals surface area contributed by atoms with Gasteiger partial charge in [-0.2, -0.15) is 13.2 Å². The number of rotatable bonds is 3. The van der Waals surface area contributed by atoms with Crippen molar-refractivity contribution in [3.05, 3.63) is 65.0 Å². The van der Waals surface area contributed by atoms with E-state index < -0.39 is 23.7 Å². The van der Waals surface area contributed by atoms with Crippen molar-refractivity contribution < 1.29 is 18.0 Å². The largest absolute Gasteiger partial charge is 0.433 e. The normalized spacial score (nSPS) is 13.0. The second kappa shape index (κ2) is 5.55. The van der Waals surface area contributed by atoms with Crippen LogP contribution in [0.2, 0.25) is 0 Å². The van der Waals surface area contributed by atoms with E-state index in [1.807, 2.05) is 0 Å². The van der Waals surface area contributed by atoms with Gasteiger partial charge >= 0.3 is 6.18 Å². The first-order chi connectivity index (χ1) is 9.80. The molecule has 2 aromatic rings. The Morgan fingerprint density at radius 2 is 1.90 bits per heavy atom. The molecule has 1 heterocycles. The van der Waals surface area contributed by atoms with Gasteiger partial charge < -0.3 is 5.73 Å². The van der Waals surface area contributed by atoms with Gasteiger partial charge in [-0.1, -0.05) is 25.1 Å². The fourth-order valence-corrected chi connectivity index (χ4v) is 2.15. The molecule has 0 aliphatic rings. The molecule has 0 aliphatic heterocycles. The van der Waals surface area contributed by atoms with E-state index in [0.29, 0.717) is 16.7 Å². The summed E-state index contributed by atoms with van der Waals surface area (Å²) in [5.41, 5.74) is 5.65. The number of nitrogens with two attached hydrogens (primary N) is 1. The highest BCUT2D eigenvalue weighted by atomic mass is 19.4. The fraction of sp³-hybridized carbons (Fsp3) is 0.200. The van der Waals surface area contributed by atoms with Crippen LogP contribution in [0.25, 0.3) is 0 Å². The quantitative estimate of drug-likeness (QED) is 0.943. The van der Waals surface area contributed by atoms with Gasteiger partial charge in [-0.25, -0.2) is 0 Å². The van der Waals surface area contributed by atoms with Gasteiger partial charge in [0.15, 0.2) is 0 Å². The number of hydrogen-bond acceptors (Lipinski definition) is 2. The van der Waals surface area contributed by atoms with Gasteiger partial charge in [-0.05, 0) is 29.3 Å². The lowest BCUT2D eigenvalue weighted by Crippen LogP contribution is -2.15. The SMILES string of the molecule is C[C@H](c1ccnc(C(F)(F)F)c1)c1ccccc1C(N)=O. The highest BCUT2D eigenvalue weighted by molar-refractivity contribution is 5.94. The summed E-state index contributed by atoms with van der Waals surface area (Å²) in [5.74, 6) is -1.01. The molecule has 110 valence electrons. The van der Waals surface area contributed by atoms with Crippen LogP contribution in [0.5, 0.6) is 0 Å². The molecule has 0 saturated heterocycles. The molecular formula is C15H13F3N2O. The maximum Gasteiger partial charge on any atom is 0.433 e. The van der Waals surface area contributed by atoms with Gasteiger partial charge in [-0.15, -0.1) is 0 Å². The number of carbonyl (C=O) groups excluding carboxylic acids is 1. The summed E-state index contributed by atoms with van der Waals surface area (Å²) >= 11 is 0. The van der Waals surface area contributed by atoms with Crippen molar-refractivity contribution in [3.8, 4) is 0 Å². The number of hydrogen-bond donors (Lipinski definition) is 1. The Kier molecular flexibility index (Phi) is 3.97. The van der Waals surface area contributed by atoms with Gasteiger partial charge in [-0.3, -0.25) is 9.78 Å². The Bertz CT molecular complexity index is 668. The average molecular weight is 294 g/mol. The first kappa shape index (κ1) is 15.0. The third kappa shape index (κ3) is 3.21. The Balaban J connectivity index is 2.46. The molecule has 6 heteroatoms. The smallest absolute Gasteiger partial charge is 0.366 e. The van der Waals surface area contributed by atoms with Crippen molar-refractivity contribution in [1.82, 2.24) is 4.98 Å². The van der Waals surface area contributed by atoms with Crippen LogP contribution in [-0.4, -0.2) is 10.9 Å². The summed E-state index contributed by atoms with van der Waals surface area (Å²) in [6, 6.07) is 9.09.